The quantitative estimate of drug-likeness (QED) is 0.706. The van der Waals surface area contributed by atoms with Gasteiger partial charge in [0.15, 0.2) is 0 Å². The van der Waals surface area contributed by atoms with Crippen LogP contribution in [-0.2, 0) is 39.3 Å². The second-order valence-electron chi connectivity index (χ2n) is 9.07. The number of nitrogens with zero attached hydrogens (tertiary/aromatic N) is 3. The molecule has 4 aliphatic rings. The van der Waals surface area contributed by atoms with Crippen LogP contribution in [-0.4, -0.2) is 40.5 Å². The number of ether oxygens (including phenoxy) is 2. The van der Waals surface area contributed by atoms with Crippen LogP contribution in [0, 0.1) is 0 Å². The number of hydrogen-bond donors (Lipinski definition) is 0. The maximum absolute atomic E-state index is 13.7. The van der Waals surface area contributed by atoms with Gasteiger partial charge in [-0.05, 0) is 48.1 Å². The summed E-state index contributed by atoms with van der Waals surface area (Å²) in [6.45, 7) is 3.55. The van der Waals surface area contributed by atoms with Gasteiger partial charge in [-0.15, -0.1) is 0 Å². The van der Waals surface area contributed by atoms with Crippen LogP contribution in [0.3, 0.4) is 0 Å². The Labute approximate surface area is 180 Å². The third-order valence-corrected chi connectivity index (χ3v) is 7.19. The Balaban J connectivity index is 1.17. The summed E-state index contributed by atoms with van der Waals surface area (Å²) in [6.07, 6.45) is 3.02. The SMILES string of the molecule is CC(F)c1cc2c(cn1)CC1(C2)OC(N2CCC3(CC2)OCc2ccccc23)=NC1=O. The number of likely N-dealkylation sites (tertiary alicyclic amines) is 1. The first-order chi connectivity index (χ1) is 15.0. The molecule has 3 aliphatic heterocycles. The number of aromatic nitrogens is 1. The van der Waals surface area contributed by atoms with Crippen molar-refractivity contribution < 1.29 is 18.7 Å². The van der Waals surface area contributed by atoms with Crippen LogP contribution in [0.15, 0.2) is 41.5 Å². The molecule has 1 saturated heterocycles. The van der Waals surface area contributed by atoms with E-state index >= 15 is 0 Å². The molecule has 31 heavy (non-hydrogen) atoms. The third-order valence-electron chi connectivity index (χ3n) is 7.19. The zero-order valence-electron chi connectivity index (χ0n) is 17.4. The van der Waals surface area contributed by atoms with Crippen molar-refractivity contribution in [3.8, 4) is 0 Å². The summed E-state index contributed by atoms with van der Waals surface area (Å²) < 4.78 is 26.1. The maximum atomic E-state index is 13.7. The first-order valence-electron chi connectivity index (χ1n) is 10.9. The number of carbonyl (C=O) groups excluding carboxylic acids is 1. The first-order valence-corrected chi connectivity index (χ1v) is 10.9. The van der Waals surface area contributed by atoms with Crippen LogP contribution < -0.4 is 0 Å². The molecule has 1 fully saturated rings. The van der Waals surface area contributed by atoms with Crippen molar-refractivity contribution in [1.82, 2.24) is 9.88 Å². The maximum Gasteiger partial charge on any atom is 0.296 e. The zero-order valence-corrected chi connectivity index (χ0v) is 17.4. The highest BCUT2D eigenvalue weighted by Crippen LogP contribution is 2.45. The molecule has 1 aromatic carbocycles. The number of hydrogen-bond acceptors (Lipinski definition) is 5. The number of amides is 1. The molecule has 1 aromatic heterocycles. The highest BCUT2D eigenvalue weighted by atomic mass is 19.1. The van der Waals surface area contributed by atoms with E-state index in [1.165, 1.54) is 18.1 Å². The average molecular weight is 421 g/mol. The van der Waals surface area contributed by atoms with Crippen LogP contribution in [0.1, 0.15) is 53.9 Å². The lowest BCUT2D eigenvalue weighted by Gasteiger charge is -2.39. The summed E-state index contributed by atoms with van der Waals surface area (Å²) in [6, 6.07) is 10.6. The number of alkyl halides is 1. The van der Waals surface area contributed by atoms with Gasteiger partial charge in [0, 0.05) is 32.1 Å². The molecule has 4 heterocycles. The van der Waals surface area contributed by atoms with Crippen molar-refractivity contribution in [2.75, 3.05) is 13.1 Å². The molecule has 2 aromatic rings. The summed E-state index contributed by atoms with van der Waals surface area (Å²) >= 11 is 0. The highest BCUT2D eigenvalue weighted by Gasteiger charge is 2.53. The van der Waals surface area contributed by atoms with Gasteiger partial charge in [0.25, 0.3) is 11.9 Å². The van der Waals surface area contributed by atoms with Crippen molar-refractivity contribution >= 4 is 11.9 Å². The fraction of sp³-hybridized carbons (Fsp3) is 0.458. The molecule has 7 heteroatoms. The molecule has 6 nitrogen and oxygen atoms in total. The van der Waals surface area contributed by atoms with Crippen molar-refractivity contribution in [3.63, 3.8) is 0 Å². The van der Waals surface area contributed by atoms with E-state index in [4.69, 9.17) is 9.47 Å². The van der Waals surface area contributed by atoms with Gasteiger partial charge in [-0.3, -0.25) is 9.78 Å². The lowest BCUT2D eigenvalue weighted by Crippen LogP contribution is -2.47. The normalized spacial score (nSPS) is 26.7. The Morgan fingerprint density at radius 3 is 2.68 bits per heavy atom. The fourth-order valence-corrected chi connectivity index (χ4v) is 5.41. The second-order valence-corrected chi connectivity index (χ2v) is 9.07. The highest BCUT2D eigenvalue weighted by molar-refractivity contribution is 6.02. The van der Waals surface area contributed by atoms with E-state index in [0.717, 1.165) is 24.0 Å². The number of rotatable bonds is 1. The molecular formula is C24H24FN3O3. The van der Waals surface area contributed by atoms with E-state index in [1.54, 1.807) is 12.3 Å². The van der Waals surface area contributed by atoms with Gasteiger partial charge in [-0.2, -0.15) is 4.99 Å². The van der Waals surface area contributed by atoms with E-state index in [2.05, 4.69) is 39.1 Å². The number of aliphatic imine (C=N–C) groups is 1. The Morgan fingerprint density at radius 1 is 1.10 bits per heavy atom. The summed E-state index contributed by atoms with van der Waals surface area (Å²) in [5, 5.41) is 0. The van der Waals surface area contributed by atoms with Crippen LogP contribution in [0.5, 0.6) is 0 Å². The molecule has 2 atom stereocenters. The number of carbonyl (C=O) groups is 1. The topological polar surface area (TPSA) is 64.0 Å². The van der Waals surface area contributed by atoms with E-state index in [9.17, 15) is 9.18 Å². The number of halogens is 1. The molecule has 0 N–H and O–H groups in total. The minimum atomic E-state index is -1.14. The van der Waals surface area contributed by atoms with Gasteiger partial charge in [-0.25, -0.2) is 4.39 Å². The molecule has 160 valence electrons. The zero-order chi connectivity index (χ0) is 21.2. The standard InChI is InChI=1S/C24H24FN3O3/c1-15(25)20-10-17-11-24(12-18(17)13-26-20)21(29)27-22(31-24)28-8-6-23(7-9-28)19-5-3-2-4-16(19)14-30-23/h2-5,10,13,15H,6-9,11-12,14H2,1H3. The van der Waals surface area contributed by atoms with Crippen molar-refractivity contribution in [2.45, 2.75) is 56.6 Å². The van der Waals surface area contributed by atoms with Gasteiger partial charge in [0.2, 0.25) is 5.60 Å². The minimum absolute atomic E-state index is 0.247. The Morgan fingerprint density at radius 2 is 1.87 bits per heavy atom. The second kappa shape index (κ2) is 6.60. The molecule has 0 radical (unpaired) electrons. The number of fused-ring (bicyclic) bond motifs is 3. The van der Waals surface area contributed by atoms with Crippen LogP contribution >= 0.6 is 0 Å². The Bertz CT molecular complexity index is 1110. The van der Waals surface area contributed by atoms with E-state index in [1.807, 2.05) is 0 Å². The third kappa shape index (κ3) is 2.82. The number of piperidine rings is 1. The number of pyridine rings is 1. The van der Waals surface area contributed by atoms with Gasteiger partial charge >= 0.3 is 0 Å². The molecule has 0 saturated carbocycles. The van der Waals surface area contributed by atoms with Gasteiger partial charge < -0.3 is 14.4 Å². The summed E-state index contributed by atoms with van der Waals surface area (Å²) in [4.78, 5) is 23.4. The Hall–Kier alpha value is -2.80. The molecule has 2 unspecified atom stereocenters. The van der Waals surface area contributed by atoms with E-state index in [-0.39, 0.29) is 11.5 Å². The molecular weight excluding hydrogens is 397 g/mol. The summed E-state index contributed by atoms with van der Waals surface area (Å²) in [5.74, 6) is -0.253. The van der Waals surface area contributed by atoms with Gasteiger partial charge in [0.05, 0.1) is 17.9 Å². The number of benzene rings is 1. The molecule has 1 amide bonds. The summed E-state index contributed by atoms with van der Waals surface area (Å²) in [5.41, 5.74) is 3.54. The number of amidine groups is 1. The average Bonchev–Trinajstić information content (AvgIpc) is 3.42. The molecule has 1 aliphatic carbocycles. The first kappa shape index (κ1) is 18.9. The van der Waals surface area contributed by atoms with Crippen molar-refractivity contribution in [1.29, 1.82) is 0 Å². The largest absolute Gasteiger partial charge is 0.447 e. The molecule has 0 bridgehead atoms. The fourth-order valence-electron chi connectivity index (χ4n) is 5.41. The minimum Gasteiger partial charge on any atom is -0.447 e. The van der Waals surface area contributed by atoms with Gasteiger partial charge in [-0.1, -0.05) is 24.3 Å². The van der Waals surface area contributed by atoms with Crippen LogP contribution in [0.2, 0.25) is 0 Å². The lowest BCUT2D eigenvalue weighted by atomic mass is 9.84. The van der Waals surface area contributed by atoms with E-state index in [0.29, 0.717) is 44.3 Å². The van der Waals surface area contributed by atoms with Crippen molar-refractivity contribution in [3.05, 3.63) is 64.5 Å². The van der Waals surface area contributed by atoms with Gasteiger partial charge in [0.1, 0.15) is 6.17 Å². The van der Waals surface area contributed by atoms with Crippen molar-refractivity contribution in [2.24, 2.45) is 4.99 Å². The Kier molecular flexibility index (Phi) is 4.03. The van der Waals surface area contributed by atoms with E-state index < -0.39 is 11.8 Å². The van der Waals surface area contributed by atoms with Crippen LogP contribution in [0.25, 0.3) is 0 Å². The predicted molar refractivity (Wildman–Crippen MR) is 111 cm³/mol. The monoisotopic (exact) mass is 421 g/mol. The predicted octanol–water partition coefficient (Wildman–Crippen LogP) is 3.38. The van der Waals surface area contributed by atoms with Crippen LogP contribution in [0.4, 0.5) is 4.39 Å². The summed E-state index contributed by atoms with van der Waals surface area (Å²) in [7, 11) is 0. The smallest absolute Gasteiger partial charge is 0.296 e. The molecule has 2 spiro atoms. The lowest BCUT2D eigenvalue weighted by molar-refractivity contribution is -0.130. The molecule has 6 rings (SSSR count).